The molecule has 1 aliphatic carbocycles. The number of ether oxygens (including phenoxy) is 1. The van der Waals surface area contributed by atoms with E-state index in [-0.39, 0.29) is 48.1 Å². The van der Waals surface area contributed by atoms with Gasteiger partial charge in [0.2, 0.25) is 11.8 Å². The van der Waals surface area contributed by atoms with E-state index in [0.717, 1.165) is 5.56 Å². The molecular weight excluding hydrogens is 475 g/mol. The van der Waals surface area contributed by atoms with E-state index in [0.29, 0.717) is 25.4 Å². The maximum absolute atomic E-state index is 13.5. The SMILES string of the molecule is C[C@H](C(=O)N1C[C@H]2[C@@H]([C@H]1CN[C@@H](C[C@@H]1CCNC1=O)C(=O)COC(F)(F)F)C2(C)C)c1ccccc1. The van der Waals surface area contributed by atoms with Crippen LogP contribution in [0.2, 0.25) is 0 Å². The van der Waals surface area contributed by atoms with E-state index in [1.807, 2.05) is 42.2 Å². The molecule has 4 rings (SSSR count). The lowest BCUT2D eigenvalue weighted by Gasteiger charge is -2.34. The van der Waals surface area contributed by atoms with Gasteiger partial charge in [0.15, 0.2) is 5.78 Å². The first kappa shape index (κ1) is 26.6. The Morgan fingerprint density at radius 2 is 1.94 bits per heavy atom. The van der Waals surface area contributed by atoms with Crippen molar-refractivity contribution in [2.75, 3.05) is 26.2 Å². The molecule has 0 aromatic heterocycles. The number of amides is 2. The fourth-order valence-electron chi connectivity index (χ4n) is 6.06. The number of hydrogen-bond donors (Lipinski definition) is 2. The van der Waals surface area contributed by atoms with Gasteiger partial charge in [-0.2, -0.15) is 0 Å². The highest BCUT2D eigenvalue weighted by Crippen LogP contribution is 2.64. The quantitative estimate of drug-likeness (QED) is 0.507. The number of likely N-dealkylation sites (tertiary alicyclic amines) is 1. The van der Waals surface area contributed by atoms with Crippen molar-refractivity contribution in [2.45, 2.75) is 58.0 Å². The van der Waals surface area contributed by atoms with Crippen LogP contribution < -0.4 is 10.6 Å². The molecule has 2 saturated heterocycles. The molecule has 3 fully saturated rings. The van der Waals surface area contributed by atoms with Crippen molar-refractivity contribution < 1.29 is 32.3 Å². The number of piperidine rings is 1. The lowest BCUT2D eigenvalue weighted by molar-refractivity contribution is -0.321. The van der Waals surface area contributed by atoms with Crippen LogP contribution in [0.1, 0.15) is 45.1 Å². The normalized spacial score (nSPS) is 28.4. The van der Waals surface area contributed by atoms with Crippen molar-refractivity contribution in [3.05, 3.63) is 35.9 Å². The number of fused-ring (bicyclic) bond motifs is 1. The van der Waals surface area contributed by atoms with Gasteiger partial charge in [0, 0.05) is 31.6 Å². The van der Waals surface area contributed by atoms with Crippen LogP contribution in [0.25, 0.3) is 0 Å². The zero-order valence-corrected chi connectivity index (χ0v) is 20.8. The lowest BCUT2D eigenvalue weighted by atomic mass is 9.94. The van der Waals surface area contributed by atoms with Crippen LogP contribution in [-0.2, 0) is 19.1 Å². The van der Waals surface area contributed by atoms with Gasteiger partial charge < -0.3 is 15.5 Å². The lowest BCUT2D eigenvalue weighted by Crippen LogP contribution is -2.51. The fraction of sp³-hybridized carbons (Fsp3) is 0.654. The second-order valence-corrected chi connectivity index (χ2v) is 10.8. The summed E-state index contributed by atoms with van der Waals surface area (Å²) in [7, 11) is 0. The Hall–Kier alpha value is -2.46. The Bertz CT molecular complexity index is 984. The molecule has 1 aromatic rings. The van der Waals surface area contributed by atoms with Crippen LogP contribution in [-0.4, -0.2) is 67.2 Å². The third kappa shape index (κ3) is 5.59. The van der Waals surface area contributed by atoms with Crippen molar-refractivity contribution in [1.82, 2.24) is 15.5 Å². The second-order valence-electron chi connectivity index (χ2n) is 10.8. The number of rotatable bonds is 10. The number of carbonyl (C=O) groups excluding carboxylic acids is 3. The minimum Gasteiger partial charge on any atom is -0.356 e. The molecule has 6 atom stereocenters. The number of Topliss-reactive ketones (excluding diaryl/α,β-unsaturated/α-hetero) is 1. The third-order valence-electron chi connectivity index (χ3n) is 8.32. The predicted octanol–water partition coefficient (Wildman–Crippen LogP) is 2.86. The van der Waals surface area contributed by atoms with E-state index in [9.17, 15) is 27.6 Å². The van der Waals surface area contributed by atoms with Gasteiger partial charge in [-0.25, -0.2) is 0 Å². The molecule has 2 amide bonds. The van der Waals surface area contributed by atoms with E-state index in [4.69, 9.17) is 0 Å². The van der Waals surface area contributed by atoms with Gasteiger partial charge in [-0.05, 0) is 42.6 Å². The predicted molar refractivity (Wildman–Crippen MR) is 126 cm³/mol. The zero-order valence-electron chi connectivity index (χ0n) is 20.8. The molecule has 2 heterocycles. The molecule has 0 bridgehead atoms. The van der Waals surface area contributed by atoms with Gasteiger partial charge >= 0.3 is 6.36 Å². The molecule has 2 aliphatic heterocycles. The first-order valence-electron chi connectivity index (χ1n) is 12.5. The number of alkyl halides is 3. The molecule has 0 unspecified atom stereocenters. The highest BCUT2D eigenvalue weighted by Gasteiger charge is 2.67. The molecule has 0 radical (unpaired) electrons. The van der Waals surface area contributed by atoms with Crippen molar-refractivity contribution in [1.29, 1.82) is 0 Å². The number of benzene rings is 1. The number of carbonyl (C=O) groups is 3. The van der Waals surface area contributed by atoms with Crippen molar-refractivity contribution in [3.63, 3.8) is 0 Å². The minimum atomic E-state index is -4.92. The summed E-state index contributed by atoms with van der Waals surface area (Å²) in [5, 5.41) is 5.83. The molecule has 198 valence electrons. The molecule has 36 heavy (non-hydrogen) atoms. The molecule has 3 aliphatic rings. The van der Waals surface area contributed by atoms with Crippen LogP contribution in [0.15, 0.2) is 30.3 Å². The molecule has 7 nitrogen and oxygen atoms in total. The Morgan fingerprint density at radius 3 is 2.56 bits per heavy atom. The van der Waals surface area contributed by atoms with Crippen molar-refractivity contribution >= 4 is 17.6 Å². The summed E-state index contributed by atoms with van der Waals surface area (Å²) < 4.78 is 41.5. The van der Waals surface area contributed by atoms with Gasteiger partial charge in [-0.3, -0.25) is 19.1 Å². The fourth-order valence-corrected chi connectivity index (χ4v) is 6.06. The number of hydrogen-bond acceptors (Lipinski definition) is 5. The molecule has 10 heteroatoms. The van der Waals surface area contributed by atoms with E-state index in [2.05, 4.69) is 29.2 Å². The number of nitrogens with zero attached hydrogens (tertiary/aromatic N) is 1. The molecular formula is C26H34F3N3O4. The van der Waals surface area contributed by atoms with Crippen LogP contribution in [0, 0.1) is 23.2 Å². The maximum Gasteiger partial charge on any atom is 0.522 e. The number of halogens is 3. The van der Waals surface area contributed by atoms with E-state index >= 15 is 0 Å². The van der Waals surface area contributed by atoms with Gasteiger partial charge in [0.05, 0.1) is 12.0 Å². The highest BCUT2D eigenvalue weighted by atomic mass is 19.4. The summed E-state index contributed by atoms with van der Waals surface area (Å²) in [5.74, 6) is -1.20. The first-order valence-corrected chi connectivity index (χ1v) is 12.5. The van der Waals surface area contributed by atoms with Crippen molar-refractivity contribution in [3.8, 4) is 0 Å². The van der Waals surface area contributed by atoms with Gasteiger partial charge in [-0.15, -0.1) is 13.2 Å². The summed E-state index contributed by atoms with van der Waals surface area (Å²) >= 11 is 0. The van der Waals surface area contributed by atoms with Crippen molar-refractivity contribution in [2.24, 2.45) is 23.2 Å². The van der Waals surface area contributed by atoms with Crippen LogP contribution in [0.3, 0.4) is 0 Å². The van der Waals surface area contributed by atoms with E-state index in [1.54, 1.807) is 0 Å². The summed E-state index contributed by atoms with van der Waals surface area (Å²) in [6, 6.07) is 8.33. The zero-order chi connectivity index (χ0) is 26.3. The molecule has 1 saturated carbocycles. The van der Waals surface area contributed by atoms with Crippen LogP contribution in [0.5, 0.6) is 0 Å². The van der Waals surface area contributed by atoms with E-state index < -0.39 is 30.7 Å². The average Bonchev–Trinajstić information content (AvgIpc) is 3.16. The topological polar surface area (TPSA) is 87.7 Å². The third-order valence-corrected chi connectivity index (χ3v) is 8.32. The highest BCUT2D eigenvalue weighted by molar-refractivity contribution is 5.87. The minimum absolute atomic E-state index is 0.00514. The number of ketones is 1. The Labute approximate surface area is 209 Å². The standard InChI is InChI=1S/C26H34F3N3O4/c1-15(16-7-5-4-6-8-16)24(35)32-13-18-22(25(18,2)3)20(32)12-31-19(11-17-9-10-30-23(17)34)21(33)14-36-26(27,28)29/h4-8,15,17-20,22,31H,9-14H2,1-3H3,(H,30,34)/t15-,17-,18-,19-,20+,22-/m0/s1. The maximum atomic E-state index is 13.5. The van der Waals surface area contributed by atoms with Gasteiger partial charge in [0.25, 0.3) is 0 Å². The van der Waals surface area contributed by atoms with Gasteiger partial charge in [-0.1, -0.05) is 44.2 Å². The van der Waals surface area contributed by atoms with Gasteiger partial charge in [0.1, 0.15) is 6.61 Å². The smallest absolute Gasteiger partial charge is 0.356 e. The Morgan fingerprint density at radius 1 is 1.25 bits per heavy atom. The largest absolute Gasteiger partial charge is 0.522 e. The number of nitrogens with one attached hydrogen (secondary N) is 2. The summed E-state index contributed by atoms with van der Waals surface area (Å²) in [6.07, 6.45) is -4.31. The first-order chi connectivity index (χ1) is 16.9. The molecule has 2 N–H and O–H groups in total. The average molecular weight is 510 g/mol. The van der Waals surface area contributed by atoms with E-state index in [1.165, 1.54) is 0 Å². The Balaban J connectivity index is 1.47. The molecule has 1 aromatic carbocycles. The summed E-state index contributed by atoms with van der Waals surface area (Å²) in [5.41, 5.74) is 0.960. The monoisotopic (exact) mass is 509 g/mol. The second kappa shape index (κ2) is 10.1. The van der Waals surface area contributed by atoms with Crippen LogP contribution in [0.4, 0.5) is 13.2 Å². The molecule has 0 spiro atoms. The van der Waals surface area contributed by atoms with Crippen LogP contribution >= 0.6 is 0 Å². The summed E-state index contributed by atoms with van der Waals surface area (Å²) in [4.78, 5) is 40.1. The summed E-state index contributed by atoms with van der Waals surface area (Å²) in [6.45, 7) is 6.40. The Kier molecular flexibility index (Phi) is 7.48.